The number of aromatic amines is 1. The van der Waals surface area contributed by atoms with Crippen molar-refractivity contribution in [2.75, 3.05) is 13.6 Å². The summed E-state index contributed by atoms with van der Waals surface area (Å²) in [5, 5.41) is 3.49. The maximum absolute atomic E-state index is 12.7. The number of amides is 3. The average Bonchev–Trinajstić information content (AvgIpc) is 3.20. The number of benzene rings is 2. The number of nitrogens with one attached hydrogen (secondary N) is 4. The lowest BCUT2D eigenvalue weighted by molar-refractivity contribution is -0.131. The lowest BCUT2D eigenvalue weighted by Gasteiger charge is -2.19. The van der Waals surface area contributed by atoms with Crippen LogP contribution in [-0.2, 0) is 30.8 Å². The Balaban J connectivity index is 1.61. The van der Waals surface area contributed by atoms with Crippen LogP contribution in [0.1, 0.15) is 18.1 Å². The van der Waals surface area contributed by atoms with Crippen molar-refractivity contribution in [2.45, 2.75) is 31.2 Å². The fourth-order valence-corrected chi connectivity index (χ4v) is 4.54. The minimum Gasteiger partial charge on any atom is -0.361 e. The zero-order valence-corrected chi connectivity index (χ0v) is 19.9. The number of carbonyl (C=O) groups is 3. The molecule has 11 heteroatoms. The molecule has 3 aromatic rings. The van der Waals surface area contributed by atoms with Crippen molar-refractivity contribution in [2.24, 2.45) is 0 Å². The number of aromatic nitrogens is 1. The molecule has 180 valence electrons. The summed E-state index contributed by atoms with van der Waals surface area (Å²) in [5.74, 6) is -1.78. The zero-order chi connectivity index (χ0) is 24.9. The van der Waals surface area contributed by atoms with E-state index in [1.807, 2.05) is 31.2 Å². The van der Waals surface area contributed by atoms with Crippen LogP contribution in [0.4, 0.5) is 0 Å². The van der Waals surface area contributed by atoms with Gasteiger partial charge in [0.25, 0.3) is 11.8 Å². The highest BCUT2D eigenvalue weighted by Crippen LogP contribution is 2.19. The number of carbonyl (C=O) groups excluding carboxylic acids is 3. The molecule has 0 bridgehead atoms. The Bertz CT molecular complexity index is 1300. The number of nitrogens with zero attached hydrogens (tertiary/aromatic N) is 1. The van der Waals surface area contributed by atoms with Gasteiger partial charge in [-0.05, 0) is 30.7 Å². The van der Waals surface area contributed by atoms with Gasteiger partial charge in [0.1, 0.15) is 6.04 Å². The average molecular weight is 486 g/mol. The Kier molecular flexibility index (Phi) is 7.69. The molecule has 0 aliphatic rings. The predicted octanol–water partition coefficient (Wildman–Crippen LogP) is 0.992. The van der Waals surface area contributed by atoms with E-state index in [1.54, 1.807) is 18.3 Å². The van der Waals surface area contributed by atoms with Gasteiger partial charge in [0.2, 0.25) is 15.9 Å². The van der Waals surface area contributed by atoms with Crippen LogP contribution >= 0.6 is 0 Å². The van der Waals surface area contributed by atoms with E-state index in [4.69, 9.17) is 0 Å². The number of hydrogen-bond donors (Lipinski definition) is 4. The fourth-order valence-electron chi connectivity index (χ4n) is 3.41. The minimum atomic E-state index is -3.88. The van der Waals surface area contributed by atoms with E-state index in [9.17, 15) is 22.8 Å². The molecule has 34 heavy (non-hydrogen) atoms. The standard InChI is InChI=1S/C23H27N5O5S/c1-15-8-10-18(11-9-15)34(32,33)28(3)14-22(30)26-27-23(31)21(25-16(2)29)12-17-13-24-20-7-5-4-6-19(17)20/h4-11,13,21,24H,12,14H2,1-3H3,(H,25,29)(H,26,30)(H,27,31)/t21-/m1/s1. The van der Waals surface area contributed by atoms with E-state index >= 15 is 0 Å². The van der Waals surface area contributed by atoms with Gasteiger partial charge in [-0.1, -0.05) is 35.9 Å². The third-order valence-electron chi connectivity index (χ3n) is 5.21. The van der Waals surface area contributed by atoms with Crippen LogP contribution in [0.25, 0.3) is 10.9 Å². The molecule has 10 nitrogen and oxygen atoms in total. The molecule has 0 fully saturated rings. The molecule has 0 saturated carbocycles. The number of H-pyrrole nitrogens is 1. The first-order valence-electron chi connectivity index (χ1n) is 10.5. The summed E-state index contributed by atoms with van der Waals surface area (Å²) in [7, 11) is -2.61. The summed E-state index contributed by atoms with van der Waals surface area (Å²) in [6.45, 7) is 2.62. The van der Waals surface area contributed by atoms with Crippen LogP contribution in [0.15, 0.2) is 59.6 Å². The molecule has 0 aliphatic carbocycles. The Hall–Kier alpha value is -3.70. The molecule has 1 aromatic heterocycles. The van der Waals surface area contributed by atoms with Crippen LogP contribution in [-0.4, -0.2) is 55.1 Å². The number of fused-ring (bicyclic) bond motifs is 1. The molecule has 0 spiro atoms. The Morgan fingerprint density at radius 3 is 2.38 bits per heavy atom. The van der Waals surface area contributed by atoms with Crippen LogP contribution < -0.4 is 16.2 Å². The van der Waals surface area contributed by atoms with Gasteiger partial charge >= 0.3 is 0 Å². The van der Waals surface area contributed by atoms with Gasteiger partial charge in [-0.2, -0.15) is 4.31 Å². The smallest absolute Gasteiger partial charge is 0.261 e. The summed E-state index contributed by atoms with van der Waals surface area (Å²) in [6.07, 6.45) is 1.95. The quantitative estimate of drug-likeness (QED) is 0.352. The number of hydrogen-bond acceptors (Lipinski definition) is 5. The summed E-state index contributed by atoms with van der Waals surface area (Å²) in [6, 6.07) is 12.8. The second-order valence-corrected chi connectivity index (χ2v) is 9.97. The van der Waals surface area contributed by atoms with Crippen LogP contribution in [0.2, 0.25) is 0 Å². The maximum Gasteiger partial charge on any atom is 0.261 e. The topological polar surface area (TPSA) is 140 Å². The summed E-state index contributed by atoms with van der Waals surface area (Å²) < 4.78 is 26.2. The maximum atomic E-state index is 12.7. The van der Waals surface area contributed by atoms with E-state index in [0.29, 0.717) is 0 Å². The van der Waals surface area contributed by atoms with E-state index in [1.165, 1.54) is 26.1 Å². The van der Waals surface area contributed by atoms with Gasteiger partial charge in [0, 0.05) is 37.5 Å². The lowest BCUT2D eigenvalue weighted by Crippen LogP contribution is -2.54. The van der Waals surface area contributed by atoms with Crippen LogP contribution in [0.3, 0.4) is 0 Å². The Morgan fingerprint density at radius 1 is 1.03 bits per heavy atom. The fraction of sp³-hybridized carbons (Fsp3) is 0.261. The van der Waals surface area contributed by atoms with Gasteiger partial charge in [-0.15, -0.1) is 0 Å². The third-order valence-corrected chi connectivity index (χ3v) is 7.03. The molecule has 0 unspecified atom stereocenters. The van der Waals surface area contributed by atoms with Gasteiger partial charge in [0.05, 0.1) is 11.4 Å². The highest BCUT2D eigenvalue weighted by molar-refractivity contribution is 7.89. The predicted molar refractivity (Wildman–Crippen MR) is 127 cm³/mol. The van der Waals surface area contributed by atoms with Crippen molar-refractivity contribution >= 4 is 38.6 Å². The summed E-state index contributed by atoms with van der Waals surface area (Å²) in [5.41, 5.74) is 7.10. The third kappa shape index (κ3) is 6.00. The molecule has 3 rings (SSSR count). The number of rotatable bonds is 8. The van der Waals surface area contributed by atoms with Crippen molar-refractivity contribution < 1.29 is 22.8 Å². The first-order chi connectivity index (χ1) is 16.1. The van der Waals surface area contributed by atoms with E-state index in [2.05, 4.69) is 21.2 Å². The highest BCUT2D eigenvalue weighted by atomic mass is 32.2. The second-order valence-electron chi connectivity index (χ2n) is 7.93. The second kappa shape index (κ2) is 10.5. The zero-order valence-electron chi connectivity index (χ0n) is 19.1. The van der Waals surface area contributed by atoms with Crippen LogP contribution in [0, 0.1) is 6.92 Å². The number of aryl methyl sites for hydroxylation is 1. The summed E-state index contributed by atoms with van der Waals surface area (Å²) in [4.78, 5) is 39.8. The molecule has 3 amide bonds. The van der Waals surface area contributed by atoms with Gasteiger partial charge in [0.15, 0.2) is 0 Å². The normalized spacial score (nSPS) is 12.4. The molecule has 0 aliphatic heterocycles. The SMILES string of the molecule is CC(=O)N[C@H](Cc1c[nH]c2ccccc12)C(=O)NNC(=O)CN(C)S(=O)(=O)c1ccc(C)cc1. The lowest BCUT2D eigenvalue weighted by atomic mass is 10.0. The van der Waals surface area contributed by atoms with E-state index < -0.39 is 40.3 Å². The number of likely N-dealkylation sites (N-methyl/N-ethyl adjacent to an activating group) is 1. The van der Waals surface area contributed by atoms with Crippen molar-refractivity contribution in [3.8, 4) is 0 Å². The molecule has 0 saturated heterocycles. The highest BCUT2D eigenvalue weighted by Gasteiger charge is 2.25. The van der Waals surface area contributed by atoms with Gasteiger partial charge < -0.3 is 10.3 Å². The Morgan fingerprint density at radius 2 is 1.71 bits per heavy atom. The molecule has 1 atom stereocenters. The van der Waals surface area contributed by atoms with Crippen molar-refractivity contribution in [1.82, 2.24) is 25.5 Å². The van der Waals surface area contributed by atoms with Gasteiger partial charge in [-0.3, -0.25) is 25.2 Å². The van der Waals surface area contributed by atoms with Crippen molar-refractivity contribution in [1.29, 1.82) is 0 Å². The van der Waals surface area contributed by atoms with E-state index in [-0.39, 0.29) is 11.3 Å². The Labute approximate surface area is 197 Å². The number of sulfonamides is 1. The number of para-hydroxylation sites is 1. The van der Waals surface area contributed by atoms with Gasteiger partial charge in [-0.25, -0.2) is 8.42 Å². The van der Waals surface area contributed by atoms with Crippen molar-refractivity contribution in [3.63, 3.8) is 0 Å². The molecular weight excluding hydrogens is 458 g/mol. The molecule has 0 radical (unpaired) electrons. The number of hydrazine groups is 1. The first kappa shape index (κ1) is 24.9. The van der Waals surface area contributed by atoms with Crippen LogP contribution in [0.5, 0.6) is 0 Å². The van der Waals surface area contributed by atoms with Crippen molar-refractivity contribution in [3.05, 3.63) is 65.9 Å². The minimum absolute atomic E-state index is 0.0573. The summed E-state index contributed by atoms with van der Waals surface area (Å²) >= 11 is 0. The molecule has 1 heterocycles. The first-order valence-corrected chi connectivity index (χ1v) is 12.0. The largest absolute Gasteiger partial charge is 0.361 e. The monoisotopic (exact) mass is 485 g/mol. The molecular formula is C23H27N5O5S. The molecule has 2 aromatic carbocycles. The van der Waals surface area contributed by atoms with E-state index in [0.717, 1.165) is 26.3 Å². The molecule has 4 N–H and O–H groups in total.